The summed E-state index contributed by atoms with van der Waals surface area (Å²) in [5, 5.41) is 6.00. The molecule has 0 saturated carbocycles. The number of Topliss-reactive ketones (excluding diaryl/α,β-unsaturated/α-hetero) is 1. The van der Waals surface area contributed by atoms with E-state index in [1.807, 2.05) is 36.4 Å². The van der Waals surface area contributed by atoms with Crippen molar-refractivity contribution in [2.24, 2.45) is 0 Å². The Kier molecular flexibility index (Phi) is 8.59. The van der Waals surface area contributed by atoms with E-state index in [4.69, 9.17) is 11.6 Å². The minimum absolute atomic E-state index is 0.00153. The molecule has 0 spiro atoms. The molecule has 142 valence electrons. The molecule has 5 heteroatoms. The van der Waals surface area contributed by atoms with Crippen molar-refractivity contribution < 1.29 is 9.59 Å². The minimum Gasteiger partial charge on any atom is -0.388 e. The summed E-state index contributed by atoms with van der Waals surface area (Å²) in [6.45, 7) is 4.44. The summed E-state index contributed by atoms with van der Waals surface area (Å²) in [7, 11) is 0. The predicted molar refractivity (Wildman–Crippen MR) is 110 cm³/mol. The van der Waals surface area contributed by atoms with Crippen molar-refractivity contribution in [2.75, 3.05) is 12.4 Å². The van der Waals surface area contributed by atoms with Gasteiger partial charge in [0, 0.05) is 24.2 Å². The molecule has 0 aliphatic heterocycles. The van der Waals surface area contributed by atoms with Gasteiger partial charge < -0.3 is 10.6 Å². The van der Waals surface area contributed by atoms with Gasteiger partial charge in [-0.1, -0.05) is 55.1 Å². The van der Waals surface area contributed by atoms with Crippen molar-refractivity contribution in [1.82, 2.24) is 10.6 Å². The lowest BCUT2D eigenvalue weighted by atomic mass is 9.99. The highest BCUT2D eigenvalue weighted by atomic mass is 35.5. The third kappa shape index (κ3) is 7.27. The van der Waals surface area contributed by atoms with Crippen LogP contribution < -0.4 is 10.6 Å². The summed E-state index contributed by atoms with van der Waals surface area (Å²) >= 11 is 5.70. The summed E-state index contributed by atoms with van der Waals surface area (Å²) in [6, 6.07) is 17.9. The van der Waals surface area contributed by atoms with E-state index in [2.05, 4.69) is 17.2 Å². The van der Waals surface area contributed by atoms with Gasteiger partial charge in [-0.15, -0.1) is 11.6 Å². The molecule has 27 heavy (non-hydrogen) atoms. The summed E-state index contributed by atoms with van der Waals surface area (Å²) in [5.74, 6) is 0.114. The first-order chi connectivity index (χ1) is 13.1. The molecule has 2 aromatic carbocycles. The number of nitrogens with one attached hydrogen (secondary N) is 2. The van der Waals surface area contributed by atoms with Crippen molar-refractivity contribution in [2.45, 2.75) is 25.3 Å². The van der Waals surface area contributed by atoms with Gasteiger partial charge in [-0.05, 0) is 30.5 Å². The quantitative estimate of drug-likeness (QED) is 0.458. The fourth-order valence-electron chi connectivity index (χ4n) is 2.68. The first-order valence-electron chi connectivity index (χ1n) is 9.00. The first kappa shape index (κ1) is 20.7. The zero-order valence-electron chi connectivity index (χ0n) is 15.3. The Balaban J connectivity index is 1.99. The molecular weight excluding hydrogens is 360 g/mol. The van der Waals surface area contributed by atoms with Crippen LogP contribution in [0.3, 0.4) is 0 Å². The molecule has 0 heterocycles. The maximum atomic E-state index is 12.8. The van der Waals surface area contributed by atoms with Crippen LogP contribution in [0.4, 0.5) is 0 Å². The van der Waals surface area contributed by atoms with Gasteiger partial charge in [0.2, 0.25) is 0 Å². The van der Waals surface area contributed by atoms with E-state index in [0.29, 0.717) is 30.8 Å². The van der Waals surface area contributed by atoms with Crippen LogP contribution in [0.25, 0.3) is 0 Å². The average molecular weight is 385 g/mol. The van der Waals surface area contributed by atoms with Gasteiger partial charge in [-0.3, -0.25) is 9.59 Å². The largest absolute Gasteiger partial charge is 0.388 e. The number of hydrogen-bond donors (Lipinski definition) is 2. The fourth-order valence-corrected chi connectivity index (χ4v) is 2.78. The monoisotopic (exact) mass is 384 g/mol. The second kappa shape index (κ2) is 11.2. The van der Waals surface area contributed by atoms with Gasteiger partial charge in [0.25, 0.3) is 5.91 Å². The normalized spacial score (nSPS) is 11.4. The van der Waals surface area contributed by atoms with Crippen molar-refractivity contribution >= 4 is 23.3 Å². The molecule has 0 fully saturated rings. The number of alkyl halides is 1. The molecule has 1 atom stereocenters. The molecule has 1 amide bonds. The van der Waals surface area contributed by atoms with E-state index in [9.17, 15) is 9.59 Å². The van der Waals surface area contributed by atoms with Crippen molar-refractivity contribution in [3.8, 4) is 0 Å². The number of ketones is 1. The Labute approximate surface area is 165 Å². The zero-order valence-corrected chi connectivity index (χ0v) is 16.0. The Hall–Kier alpha value is -2.59. The molecule has 2 aromatic rings. The maximum Gasteiger partial charge on any atom is 0.251 e. The van der Waals surface area contributed by atoms with Gasteiger partial charge in [0.1, 0.15) is 0 Å². The number of amides is 1. The van der Waals surface area contributed by atoms with E-state index in [0.717, 1.165) is 17.7 Å². The SMILES string of the molecule is C=C(CCl)NCCCC(NC(=O)c1ccccc1)C(=O)Cc1ccccc1. The highest BCUT2D eigenvalue weighted by Gasteiger charge is 2.21. The molecule has 2 N–H and O–H groups in total. The van der Waals surface area contributed by atoms with E-state index < -0.39 is 6.04 Å². The molecule has 0 radical (unpaired) electrons. The third-order valence-corrected chi connectivity index (χ3v) is 4.48. The van der Waals surface area contributed by atoms with Crippen LogP contribution >= 0.6 is 11.6 Å². The molecule has 0 aliphatic rings. The van der Waals surface area contributed by atoms with E-state index in [-0.39, 0.29) is 11.7 Å². The lowest BCUT2D eigenvalue weighted by Crippen LogP contribution is -2.42. The molecule has 0 saturated heterocycles. The van der Waals surface area contributed by atoms with Crippen LogP contribution in [0.15, 0.2) is 72.9 Å². The first-order valence-corrected chi connectivity index (χ1v) is 9.53. The Morgan fingerprint density at radius 3 is 2.26 bits per heavy atom. The number of carbonyl (C=O) groups excluding carboxylic acids is 2. The molecule has 0 aliphatic carbocycles. The number of hydrogen-bond acceptors (Lipinski definition) is 3. The van der Waals surface area contributed by atoms with Crippen molar-refractivity contribution in [3.63, 3.8) is 0 Å². The molecule has 4 nitrogen and oxygen atoms in total. The standard InChI is InChI=1S/C22H25ClN2O2/c1-17(16-23)24-14-8-13-20(21(26)15-18-9-4-2-5-10-18)25-22(27)19-11-6-3-7-12-19/h2-7,9-12,20,24H,1,8,13-16H2,(H,25,27). The van der Waals surface area contributed by atoms with Gasteiger partial charge in [-0.2, -0.15) is 0 Å². The van der Waals surface area contributed by atoms with Crippen LogP contribution in [-0.2, 0) is 11.2 Å². The van der Waals surface area contributed by atoms with Crippen LogP contribution in [0.2, 0.25) is 0 Å². The second-order valence-electron chi connectivity index (χ2n) is 6.33. The highest BCUT2D eigenvalue weighted by molar-refractivity contribution is 6.19. The zero-order chi connectivity index (χ0) is 19.5. The van der Waals surface area contributed by atoms with Crippen molar-refractivity contribution in [1.29, 1.82) is 0 Å². The van der Waals surface area contributed by atoms with E-state index in [1.54, 1.807) is 24.3 Å². The van der Waals surface area contributed by atoms with Crippen LogP contribution in [0, 0.1) is 0 Å². The predicted octanol–water partition coefficient (Wildman–Crippen LogP) is 3.72. The highest BCUT2D eigenvalue weighted by Crippen LogP contribution is 2.08. The summed E-state index contributed by atoms with van der Waals surface area (Å²) in [5.41, 5.74) is 2.23. The molecule has 0 aromatic heterocycles. The maximum absolute atomic E-state index is 12.8. The summed E-state index contributed by atoms with van der Waals surface area (Å²) in [4.78, 5) is 25.3. The lowest BCUT2D eigenvalue weighted by molar-refractivity contribution is -0.120. The Morgan fingerprint density at radius 1 is 1.00 bits per heavy atom. The molecular formula is C22H25ClN2O2. The van der Waals surface area contributed by atoms with Gasteiger partial charge in [-0.25, -0.2) is 0 Å². The lowest BCUT2D eigenvalue weighted by Gasteiger charge is -2.18. The van der Waals surface area contributed by atoms with Gasteiger partial charge in [0.15, 0.2) is 5.78 Å². The molecule has 2 rings (SSSR count). The number of halogens is 1. The summed E-state index contributed by atoms with van der Waals surface area (Å²) in [6.07, 6.45) is 1.56. The van der Waals surface area contributed by atoms with Gasteiger partial charge in [0.05, 0.1) is 11.9 Å². The Morgan fingerprint density at radius 2 is 1.63 bits per heavy atom. The number of allylic oxidation sites excluding steroid dienone is 1. The van der Waals surface area contributed by atoms with Crippen LogP contribution in [-0.4, -0.2) is 30.2 Å². The smallest absolute Gasteiger partial charge is 0.251 e. The fraction of sp³-hybridized carbons (Fsp3) is 0.273. The van der Waals surface area contributed by atoms with Crippen molar-refractivity contribution in [3.05, 3.63) is 84.1 Å². The topological polar surface area (TPSA) is 58.2 Å². The van der Waals surface area contributed by atoms with Crippen LogP contribution in [0.5, 0.6) is 0 Å². The number of carbonyl (C=O) groups is 2. The van der Waals surface area contributed by atoms with Crippen LogP contribution in [0.1, 0.15) is 28.8 Å². The molecule has 1 unspecified atom stereocenters. The minimum atomic E-state index is -0.538. The van der Waals surface area contributed by atoms with Gasteiger partial charge >= 0.3 is 0 Å². The molecule has 0 bridgehead atoms. The Bertz CT molecular complexity index is 747. The average Bonchev–Trinajstić information content (AvgIpc) is 2.71. The third-order valence-electron chi connectivity index (χ3n) is 4.16. The number of benzene rings is 2. The summed E-state index contributed by atoms with van der Waals surface area (Å²) < 4.78 is 0. The van der Waals surface area contributed by atoms with E-state index >= 15 is 0 Å². The second-order valence-corrected chi connectivity index (χ2v) is 6.59. The number of rotatable bonds is 11. The van der Waals surface area contributed by atoms with E-state index in [1.165, 1.54) is 0 Å².